The molecule has 0 spiro atoms. The number of ether oxygens (including phenoxy) is 1. The average molecular weight is 373 g/mol. The van der Waals surface area contributed by atoms with Crippen molar-refractivity contribution >= 4 is 22.9 Å². The van der Waals surface area contributed by atoms with Crippen molar-refractivity contribution in [1.82, 2.24) is 10.3 Å². The summed E-state index contributed by atoms with van der Waals surface area (Å²) in [6.07, 6.45) is 2.83. The van der Waals surface area contributed by atoms with E-state index in [9.17, 15) is 0 Å². The first kappa shape index (κ1) is 17.9. The summed E-state index contributed by atoms with van der Waals surface area (Å²) in [6, 6.07) is 16.1. The van der Waals surface area contributed by atoms with Gasteiger partial charge in [0, 0.05) is 23.3 Å². The molecule has 0 saturated carbocycles. The summed E-state index contributed by atoms with van der Waals surface area (Å²) in [7, 11) is 0. The Kier molecular flexibility index (Phi) is 6.45. The van der Waals surface area contributed by atoms with Gasteiger partial charge in [0.05, 0.1) is 11.5 Å². The normalized spacial score (nSPS) is 10.8. The van der Waals surface area contributed by atoms with Crippen LogP contribution in [0.4, 0.5) is 0 Å². The zero-order valence-corrected chi connectivity index (χ0v) is 15.7. The maximum Gasteiger partial charge on any atom is 0.127 e. The van der Waals surface area contributed by atoms with Crippen LogP contribution in [0.15, 0.2) is 54.7 Å². The van der Waals surface area contributed by atoms with Gasteiger partial charge in [0.1, 0.15) is 10.8 Å². The molecule has 0 aliphatic carbocycles. The number of benzene rings is 2. The van der Waals surface area contributed by atoms with Crippen molar-refractivity contribution in [2.24, 2.45) is 0 Å². The molecule has 1 N–H and O–H groups in total. The van der Waals surface area contributed by atoms with Gasteiger partial charge in [0.15, 0.2) is 0 Å². The van der Waals surface area contributed by atoms with Gasteiger partial charge < -0.3 is 10.1 Å². The van der Waals surface area contributed by atoms with Crippen LogP contribution in [-0.4, -0.2) is 18.1 Å². The van der Waals surface area contributed by atoms with Crippen LogP contribution in [0, 0.1) is 0 Å². The predicted molar refractivity (Wildman–Crippen MR) is 106 cm³/mol. The van der Waals surface area contributed by atoms with Crippen molar-refractivity contribution < 1.29 is 4.74 Å². The van der Waals surface area contributed by atoms with Gasteiger partial charge in [-0.15, -0.1) is 11.3 Å². The standard InChI is InChI=1S/C20H21ClN2OS/c1-2-24-18-10-6-4-8-16(18)19-13-23-20(25-19)14-22-12-11-15-7-3-5-9-17(15)21/h3-10,13,22H,2,11-12,14H2,1H3. The van der Waals surface area contributed by atoms with E-state index >= 15 is 0 Å². The number of thiazole rings is 1. The summed E-state index contributed by atoms with van der Waals surface area (Å²) in [5.74, 6) is 0.909. The molecule has 0 amide bonds. The molecule has 2 aromatic carbocycles. The highest BCUT2D eigenvalue weighted by atomic mass is 35.5. The Balaban J connectivity index is 1.56. The van der Waals surface area contributed by atoms with E-state index < -0.39 is 0 Å². The van der Waals surface area contributed by atoms with Crippen molar-refractivity contribution in [3.05, 3.63) is 70.3 Å². The lowest BCUT2D eigenvalue weighted by molar-refractivity contribution is 0.341. The second-order valence-electron chi connectivity index (χ2n) is 5.57. The van der Waals surface area contributed by atoms with Crippen molar-refractivity contribution in [1.29, 1.82) is 0 Å². The Morgan fingerprint density at radius 2 is 1.92 bits per heavy atom. The highest BCUT2D eigenvalue weighted by molar-refractivity contribution is 7.15. The topological polar surface area (TPSA) is 34.1 Å². The van der Waals surface area contributed by atoms with E-state index in [1.807, 2.05) is 49.5 Å². The van der Waals surface area contributed by atoms with E-state index in [0.717, 1.165) is 45.7 Å². The van der Waals surface area contributed by atoms with Gasteiger partial charge in [0.25, 0.3) is 0 Å². The minimum absolute atomic E-state index is 0.659. The minimum atomic E-state index is 0.659. The number of nitrogens with one attached hydrogen (secondary N) is 1. The smallest absolute Gasteiger partial charge is 0.127 e. The molecular weight excluding hydrogens is 352 g/mol. The molecule has 0 aliphatic heterocycles. The quantitative estimate of drug-likeness (QED) is 0.552. The van der Waals surface area contributed by atoms with E-state index in [-0.39, 0.29) is 0 Å². The van der Waals surface area contributed by atoms with Gasteiger partial charge in [-0.05, 0) is 43.7 Å². The highest BCUT2D eigenvalue weighted by Crippen LogP contribution is 2.33. The average Bonchev–Trinajstić information content (AvgIpc) is 3.10. The number of nitrogens with zero attached hydrogens (tertiary/aromatic N) is 1. The molecule has 130 valence electrons. The maximum atomic E-state index is 6.18. The van der Waals surface area contributed by atoms with Crippen molar-refractivity contribution in [2.75, 3.05) is 13.2 Å². The zero-order valence-electron chi connectivity index (χ0n) is 14.2. The van der Waals surface area contributed by atoms with Crippen LogP contribution < -0.4 is 10.1 Å². The number of halogens is 1. The van der Waals surface area contributed by atoms with Crippen molar-refractivity contribution in [2.45, 2.75) is 19.9 Å². The number of rotatable bonds is 8. The summed E-state index contributed by atoms with van der Waals surface area (Å²) in [5.41, 5.74) is 2.27. The summed E-state index contributed by atoms with van der Waals surface area (Å²) >= 11 is 7.88. The molecule has 5 heteroatoms. The molecule has 0 radical (unpaired) electrons. The Labute approximate surface area is 157 Å². The summed E-state index contributed by atoms with van der Waals surface area (Å²) < 4.78 is 5.71. The third-order valence-corrected chi connectivity index (χ3v) is 5.21. The number of hydrogen-bond donors (Lipinski definition) is 1. The molecule has 0 unspecified atom stereocenters. The molecule has 0 fully saturated rings. The van der Waals surface area contributed by atoms with Gasteiger partial charge >= 0.3 is 0 Å². The van der Waals surface area contributed by atoms with Crippen LogP contribution in [0.3, 0.4) is 0 Å². The maximum absolute atomic E-state index is 6.18. The lowest BCUT2D eigenvalue weighted by Gasteiger charge is -2.07. The summed E-state index contributed by atoms with van der Waals surface area (Å²) in [4.78, 5) is 5.66. The molecule has 3 nitrogen and oxygen atoms in total. The fraction of sp³-hybridized carbons (Fsp3) is 0.250. The van der Waals surface area contributed by atoms with Gasteiger partial charge in [-0.3, -0.25) is 0 Å². The second-order valence-corrected chi connectivity index (χ2v) is 7.09. The van der Waals surface area contributed by atoms with Crippen LogP contribution in [0.5, 0.6) is 5.75 Å². The molecule has 3 aromatic rings. The van der Waals surface area contributed by atoms with Crippen molar-refractivity contribution in [3.8, 4) is 16.2 Å². The van der Waals surface area contributed by atoms with Crippen LogP contribution in [0.1, 0.15) is 17.5 Å². The SMILES string of the molecule is CCOc1ccccc1-c1cnc(CNCCc2ccccc2Cl)s1. The van der Waals surface area contributed by atoms with E-state index in [1.165, 1.54) is 5.56 Å². The van der Waals surface area contributed by atoms with Gasteiger partial charge in [-0.1, -0.05) is 41.9 Å². The monoisotopic (exact) mass is 372 g/mol. The first-order valence-electron chi connectivity index (χ1n) is 8.39. The van der Waals surface area contributed by atoms with Crippen molar-refractivity contribution in [3.63, 3.8) is 0 Å². The largest absolute Gasteiger partial charge is 0.493 e. The molecule has 3 rings (SSSR count). The first-order chi connectivity index (χ1) is 12.3. The molecule has 0 saturated heterocycles. The Morgan fingerprint density at radius 1 is 1.12 bits per heavy atom. The number of aromatic nitrogens is 1. The van der Waals surface area contributed by atoms with Gasteiger partial charge in [0.2, 0.25) is 0 Å². The number of para-hydroxylation sites is 1. The Morgan fingerprint density at radius 3 is 2.76 bits per heavy atom. The molecular formula is C20H21ClN2OS. The molecule has 0 atom stereocenters. The second kappa shape index (κ2) is 8.99. The van der Waals surface area contributed by atoms with Gasteiger partial charge in [-0.2, -0.15) is 0 Å². The lowest BCUT2D eigenvalue weighted by Crippen LogP contribution is -2.16. The van der Waals surface area contributed by atoms with Gasteiger partial charge in [-0.25, -0.2) is 4.98 Å². The minimum Gasteiger partial charge on any atom is -0.493 e. The highest BCUT2D eigenvalue weighted by Gasteiger charge is 2.09. The Hall–Kier alpha value is -1.88. The summed E-state index contributed by atoms with van der Waals surface area (Å²) in [5, 5.41) is 5.34. The molecule has 25 heavy (non-hydrogen) atoms. The molecule has 0 bridgehead atoms. The summed E-state index contributed by atoms with van der Waals surface area (Å²) in [6.45, 7) is 4.28. The van der Waals surface area contributed by atoms with E-state index in [0.29, 0.717) is 6.61 Å². The third kappa shape index (κ3) is 4.82. The van der Waals surface area contributed by atoms with E-state index in [2.05, 4.69) is 22.4 Å². The first-order valence-corrected chi connectivity index (χ1v) is 9.58. The molecule has 1 heterocycles. The molecule has 0 aliphatic rings. The Bertz CT molecular complexity index is 819. The third-order valence-electron chi connectivity index (χ3n) is 3.81. The van der Waals surface area contributed by atoms with E-state index in [1.54, 1.807) is 11.3 Å². The fourth-order valence-corrected chi connectivity index (χ4v) is 3.74. The predicted octanol–water partition coefficient (Wildman–Crippen LogP) is 5.19. The lowest BCUT2D eigenvalue weighted by atomic mass is 10.1. The van der Waals surface area contributed by atoms with Crippen LogP contribution in [0.2, 0.25) is 5.02 Å². The fourth-order valence-electron chi connectivity index (χ4n) is 2.59. The van der Waals surface area contributed by atoms with Crippen LogP contribution in [-0.2, 0) is 13.0 Å². The number of hydrogen-bond acceptors (Lipinski definition) is 4. The molecule has 1 aromatic heterocycles. The van der Waals surface area contributed by atoms with Crippen LogP contribution >= 0.6 is 22.9 Å². The zero-order chi connectivity index (χ0) is 17.5. The van der Waals surface area contributed by atoms with Crippen LogP contribution in [0.25, 0.3) is 10.4 Å². The van der Waals surface area contributed by atoms with E-state index in [4.69, 9.17) is 16.3 Å².